The van der Waals surface area contributed by atoms with Gasteiger partial charge in [0, 0.05) is 0 Å². The Balaban J connectivity index is 4.67. The molecule has 80 valence electrons. The number of hydrogen-bond acceptors (Lipinski definition) is 4. The summed E-state index contributed by atoms with van der Waals surface area (Å²) in [4.78, 5) is 10.1. The van der Waals surface area contributed by atoms with Crippen LogP contribution < -0.4 is 4.72 Å². The van der Waals surface area contributed by atoms with Crippen molar-refractivity contribution in [3.05, 3.63) is 23.0 Å². The van der Waals surface area contributed by atoms with Gasteiger partial charge in [-0.1, -0.05) is 12.7 Å². The first-order valence-electron chi connectivity index (χ1n) is 3.52. The third-order valence-corrected chi connectivity index (χ3v) is 4.02. The van der Waals surface area contributed by atoms with E-state index in [2.05, 4.69) is 6.58 Å². The molecule has 0 fully saturated rings. The van der Waals surface area contributed by atoms with Crippen LogP contribution in [0, 0.1) is 0 Å². The van der Waals surface area contributed by atoms with E-state index in [1.54, 1.807) is 6.26 Å². The van der Waals surface area contributed by atoms with Crippen molar-refractivity contribution < 1.29 is 18.3 Å². The molecule has 0 spiro atoms. The molecule has 0 aromatic rings. The van der Waals surface area contributed by atoms with Crippen molar-refractivity contribution in [2.24, 2.45) is 0 Å². The fourth-order valence-corrected chi connectivity index (χ4v) is 2.61. The van der Waals surface area contributed by atoms with Crippen molar-refractivity contribution >= 4 is 27.8 Å². The van der Waals surface area contributed by atoms with E-state index in [4.69, 9.17) is 5.11 Å². The predicted molar refractivity (Wildman–Crippen MR) is 56.4 cm³/mol. The Morgan fingerprint density at radius 1 is 1.64 bits per heavy atom. The van der Waals surface area contributed by atoms with Crippen LogP contribution >= 0.6 is 11.8 Å². The van der Waals surface area contributed by atoms with Gasteiger partial charge in [-0.2, -0.15) is 4.72 Å². The van der Waals surface area contributed by atoms with Gasteiger partial charge in [0.05, 0.1) is 0 Å². The molecule has 0 atom stereocenters. The average molecular weight is 237 g/mol. The molecule has 2 N–H and O–H groups in total. The van der Waals surface area contributed by atoms with E-state index >= 15 is 0 Å². The van der Waals surface area contributed by atoms with Crippen LogP contribution in [0.3, 0.4) is 0 Å². The van der Waals surface area contributed by atoms with Crippen LogP contribution in [0.15, 0.2) is 23.0 Å². The standard InChI is InChI=1S/C7H11NO4S2/c1-3-4-7(13-2)14(11,12)8-5-6(9)10/h3-4,8H,1,5H2,2H3,(H,9,10)/b7-4+. The van der Waals surface area contributed by atoms with Gasteiger partial charge in [0.25, 0.3) is 0 Å². The maximum Gasteiger partial charge on any atom is 0.318 e. The molecule has 0 bridgehead atoms. The summed E-state index contributed by atoms with van der Waals surface area (Å²) >= 11 is 1.000. The van der Waals surface area contributed by atoms with Gasteiger partial charge in [0.1, 0.15) is 10.8 Å². The van der Waals surface area contributed by atoms with Crippen molar-refractivity contribution in [1.82, 2.24) is 4.72 Å². The second-order valence-electron chi connectivity index (χ2n) is 2.14. The van der Waals surface area contributed by atoms with Gasteiger partial charge >= 0.3 is 5.97 Å². The van der Waals surface area contributed by atoms with Crippen LogP contribution in [0.25, 0.3) is 0 Å². The molecule has 0 saturated carbocycles. The summed E-state index contributed by atoms with van der Waals surface area (Å²) in [6.07, 6.45) is 4.20. The van der Waals surface area contributed by atoms with Gasteiger partial charge in [-0.25, -0.2) is 8.42 Å². The number of carbonyl (C=O) groups is 1. The summed E-state index contributed by atoms with van der Waals surface area (Å²) in [6.45, 7) is 2.73. The van der Waals surface area contributed by atoms with Gasteiger partial charge in [-0.3, -0.25) is 4.79 Å². The van der Waals surface area contributed by atoms with E-state index in [1.807, 2.05) is 4.72 Å². The molecule has 0 aliphatic heterocycles. The highest BCUT2D eigenvalue weighted by molar-refractivity contribution is 8.17. The maximum atomic E-state index is 11.3. The Morgan fingerprint density at radius 3 is 2.57 bits per heavy atom. The van der Waals surface area contributed by atoms with E-state index in [-0.39, 0.29) is 4.24 Å². The number of carboxylic acids is 1. The van der Waals surface area contributed by atoms with Crippen LogP contribution in [-0.4, -0.2) is 32.3 Å². The highest BCUT2D eigenvalue weighted by Gasteiger charge is 2.16. The summed E-state index contributed by atoms with van der Waals surface area (Å²) < 4.78 is 24.7. The normalized spacial score (nSPS) is 12.5. The Bertz CT molecular complexity index is 345. The number of nitrogens with one attached hydrogen (secondary N) is 1. The van der Waals surface area contributed by atoms with Crippen LogP contribution in [0.4, 0.5) is 0 Å². The van der Waals surface area contributed by atoms with Gasteiger partial charge in [-0.05, 0) is 12.3 Å². The van der Waals surface area contributed by atoms with E-state index in [1.165, 1.54) is 12.2 Å². The Kier molecular flexibility index (Phi) is 5.51. The lowest BCUT2D eigenvalue weighted by Gasteiger charge is -2.05. The number of rotatable bonds is 6. The number of sulfonamides is 1. The van der Waals surface area contributed by atoms with Gasteiger partial charge in [-0.15, -0.1) is 11.8 Å². The molecular weight excluding hydrogens is 226 g/mol. The lowest BCUT2D eigenvalue weighted by molar-refractivity contribution is -0.135. The minimum Gasteiger partial charge on any atom is -0.480 e. The van der Waals surface area contributed by atoms with Crippen LogP contribution in [0.1, 0.15) is 0 Å². The highest BCUT2D eigenvalue weighted by atomic mass is 32.3. The molecule has 0 aromatic carbocycles. The molecule has 0 heterocycles. The van der Waals surface area contributed by atoms with Gasteiger partial charge in [0.15, 0.2) is 0 Å². The first kappa shape index (κ1) is 13.2. The quantitative estimate of drug-likeness (QED) is 0.652. The fourth-order valence-electron chi connectivity index (χ4n) is 0.591. The van der Waals surface area contributed by atoms with Crippen molar-refractivity contribution in [3.63, 3.8) is 0 Å². The second kappa shape index (κ2) is 5.84. The molecule has 0 saturated heterocycles. The van der Waals surface area contributed by atoms with Gasteiger partial charge < -0.3 is 5.11 Å². The van der Waals surface area contributed by atoms with Crippen molar-refractivity contribution in [1.29, 1.82) is 0 Å². The third kappa shape index (κ3) is 4.45. The molecule has 7 heteroatoms. The summed E-state index contributed by atoms with van der Waals surface area (Å²) in [5, 5.41) is 8.29. The molecule has 0 unspecified atom stereocenters. The Hall–Kier alpha value is -0.790. The Morgan fingerprint density at radius 2 is 2.21 bits per heavy atom. The number of allylic oxidation sites excluding steroid dienone is 2. The monoisotopic (exact) mass is 237 g/mol. The summed E-state index contributed by atoms with van der Waals surface area (Å²) in [7, 11) is -3.71. The smallest absolute Gasteiger partial charge is 0.318 e. The van der Waals surface area contributed by atoms with Crippen molar-refractivity contribution in [3.8, 4) is 0 Å². The fraction of sp³-hybridized carbons (Fsp3) is 0.286. The zero-order chi connectivity index (χ0) is 11.2. The maximum absolute atomic E-state index is 11.3. The average Bonchev–Trinajstić information content (AvgIpc) is 2.11. The minimum absolute atomic E-state index is 0.0359. The van der Waals surface area contributed by atoms with Crippen molar-refractivity contribution in [2.45, 2.75) is 0 Å². The Labute approximate surface area is 86.9 Å². The molecule has 0 amide bonds. The molecule has 0 radical (unpaired) electrons. The molecule has 0 aliphatic carbocycles. The number of carboxylic acid groups (broad SMARTS) is 1. The number of thioether (sulfide) groups is 1. The van der Waals surface area contributed by atoms with Crippen LogP contribution in [0.2, 0.25) is 0 Å². The molecule has 0 aromatic heterocycles. The molecule has 0 aliphatic rings. The molecular formula is C7H11NO4S2. The van der Waals surface area contributed by atoms with Crippen LogP contribution in [-0.2, 0) is 14.8 Å². The summed E-state index contributed by atoms with van der Waals surface area (Å²) in [5.74, 6) is -1.23. The molecule has 0 rings (SSSR count). The lowest BCUT2D eigenvalue weighted by atomic mass is 10.6. The number of hydrogen-bond donors (Lipinski definition) is 2. The van der Waals surface area contributed by atoms with E-state index in [9.17, 15) is 13.2 Å². The van der Waals surface area contributed by atoms with Crippen molar-refractivity contribution in [2.75, 3.05) is 12.8 Å². The zero-order valence-electron chi connectivity index (χ0n) is 7.56. The second-order valence-corrected chi connectivity index (χ2v) is 4.99. The summed E-state index contributed by atoms with van der Waals surface area (Å²) in [5.41, 5.74) is 0. The summed E-state index contributed by atoms with van der Waals surface area (Å²) in [6, 6.07) is 0. The minimum atomic E-state index is -3.71. The van der Waals surface area contributed by atoms with Gasteiger partial charge in [0.2, 0.25) is 10.0 Å². The highest BCUT2D eigenvalue weighted by Crippen LogP contribution is 2.17. The molecule has 14 heavy (non-hydrogen) atoms. The lowest BCUT2D eigenvalue weighted by Crippen LogP contribution is -2.29. The zero-order valence-corrected chi connectivity index (χ0v) is 9.19. The molecule has 5 nitrogen and oxygen atoms in total. The van der Waals surface area contributed by atoms with E-state index < -0.39 is 22.5 Å². The van der Waals surface area contributed by atoms with E-state index in [0.29, 0.717) is 0 Å². The SMILES string of the molecule is C=C/C=C(\SC)S(=O)(=O)NCC(=O)O. The largest absolute Gasteiger partial charge is 0.480 e. The third-order valence-electron chi connectivity index (χ3n) is 1.13. The first-order valence-corrected chi connectivity index (χ1v) is 6.23. The predicted octanol–water partition coefficient (Wildman–Crippen LogP) is 0.381. The first-order chi connectivity index (χ1) is 6.44. The topological polar surface area (TPSA) is 83.5 Å². The van der Waals surface area contributed by atoms with Crippen LogP contribution in [0.5, 0.6) is 0 Å². The van der Waals surface area contributed by atoms with E-state index in [0.717, 1.165) is 11.8 Å². The number of aliphatic carboxylic acids is 1.